The summed E-state index contributed by atoms with van der Waals surface area (Å²) in [5, 5.41) is 0. The Morgan fingerprint density at radius 3 is 2.81 bits per heavy atom. The first-order valence-corrected chi connectivity index (χ1v) is 7.24. The summed E-state index contributed by atoms with van der Waals surface area (Å²) in [5.74, 6) is 3.14. The van der Waals surface area contributed by atoms with Gasteiger partial charge in [-0.05, 0) is 32.3 Å². The molecule has 0 heterocycles. The highest BCUT2D eigenvalue weighted by atomic mass is 79.9. The van der Waals surface area contributed by atoms with Gasteiger partial charge in [0.1, 0.15) is 5.75 Å². The van der Waals surface area contributed by atoms with Crippen LogP contribution in [0.4, 0.5) is 0 Å². The van der Waals surface area contributed by atoms with E-state index in [-0.39, 0.29) is 0 Å². The summed E-state index contributed by atoms with van der Waals surface area (Å²) in [5.41, 5.74) is 0. The second-order valence-electron chi connectivity index (χ2n) is 3.72. The van der Waals surface area contributed by atoms with E-state index >= 15 is 0 Å². The summed E-state index contributed by atoms with van der Waals surface area (Å²) in [7, 11) is 4.19. The SMILES string of the molecule is CN(C)CCSCCOc1cccc(Br)c1. The number of halogens is 1. The van der Waals surface area contributed by atoms with E-state index in [4.69, 9.17) is 4.74 Å². The Balaban J connectivity index is 2.07. The predicted octanol–water partition coefficient (Wildman–Crippen LogP) is 3.12. The van der Waals surface area contributed by atoms with E-state index in [9.17, 15) is 0 Å². The summed E-state index contributed by atoms with van der Waals surface area (Å²) in [4.78, 5) is 2.20. The lowest BCUT2D eigenvalue weighted by Gasteiger charge is -2.09. The highest BCUT2D eigenvalue weighted by Crippen LogP contribution is 2.17. The lowest BCUT2D eigenvalue weighted by Crippen LogP contribution is -2.15. The third-order valence-electron chi connectivity index (χ3n) is 1.98. The third kappa shape index (κ3) is 6.40. The monoisotopic (exact) mass is 303 g/mol. The van der Waals surface area contributed by atoms with Gasteiger partial charge in [-0.25, -0.2) is 0 Å². The smallest absolute Gasteiger partial charge is 0.120 e. The van der Waals surface area contributed by atoms with E-state index in [1.165, 1.54) is 0 Å². The minimum atomic E-state index is 0.772. The summed E-state index contributed by atoms with van der Waals surface area (Å²) in [6.07, 6.45) is 0. The van der Waals surface area contributed by atoms with Crippen LogP contribution in [0, 0.1) is 0 Å². The average Bonchev–Trinajstić information content (AvgIpc) is 2.23. The Bertz CT molecular complexity index is 307. The lowest BCUT2D eigenvalue weighted by atomic mass is 10.3. The summed E-state index contributed by atoms with van der Waals surface area (Å²) < 4.78 is 6.69. The first kappa shape index (κ1) is 13.9. The molecule has 0 aliphatic rings. The van der Waals surface area contributed by atoms with Gasteiger partial charge < -0.3 is 9.64 Å². The number of benzene rings is 1. The molecule has 0 fully saturated rings. The number of nitrogens with zero attached hydrogens (tertiary/aromatic N) is 1. The molecule has 16 heavy (non-hydrogen) atoms. The molecule has 0 aliphatic carbocycles. The highest BCUT2D eigenvalue weighted by Gasteiger charge is 1.95. The number of ether oxygens (including phenoxy) is 1. The molecule has 0 aliphatic heterocycles. The quantitative estimate of drug-likeness (QED) is 0.718. The molecule has 90 valence electrons. The van der Waals surface area contributed by atoms with Crippen molar-refractivity contribution in [2.75, 3.05) is 38.8 Å². The van der Waals surface area contributed by atoms with Crippen molar-refractivity contribution in [1.82, 2.24) is 4.90 Å². The van der Waals surface area contributed by atoms with E-state index in [2.05, 4.69) is 34.9 Å². The van der Waals surface area contributed by atoms with E-state index in [1.807, 2.05) is 36.0 Å². The second-order valence-corrected chi connectivity index (χ2v) is 5.86. The van der Waals surface area contributed by atoms with Gasteiger partial charge in [0.05, 0.1) is 6.61 Å². The van der Waals surface area contributed by atoms with E-state index in [1.54, 1.807) is 0 Å². The van der Waals surface area contributed by atoms with E-state index in [0.717, 1.165) is 34.9 Å². The molecule has 0 saturated carbocycles. The Morgan fingerprint density at radius 1 is 1.31 bits per heavy atom. The van der Waals surface area contributed by atoms with E-state index in [0.29, 0.717) is 0 Å². The van der Waals surface area contributed by atoms with Gasteiger partial charge in [0.15, 0.2) is 0 Å². The molecule has 0 saturated heterocycles. The van der Waals surface area contributed by atoms with Crippen LogP contribution >= 0.6 is 27.7 Å². The van der Waals surface area contributed by atoms with Crippen molar-refractivity contribution < 1.29 is 4.74 Å². The van der Waals surface area contributed by atoms with Gasteiger partial charge in [0.25, 0.3) is 0 Å². The molecule has 0 atom stereocenters. The Labute approximate surface area is 110 Å². The van der Waals surface area contributed by atoms with Gasteiger partial charge in [-0.1, -0.05) is 22.0 Å². The number of hydrogen-bond acceptors (Lipinski definition) is 3. The fourth-order valence-electron chi connectivity index (χ4n) is 1.12. The molecule has 2 nitrogen and oxygen atoms in total. The van der Waals surface area contributed by atoms with Crippen molar-refractivity contribution in [1.29, 1.82) is 0 Å². The molecule has 0 N–H and O–H groups in total. The zero-order chi connectivity index (χ0) is 11.8. The Morgan fingerprint density at radius 2 is 2.12 bits per heavy atom. The van der Waals surface area contributed by atoms with Gasteiger partial charge in [-0.3, -0.25) is 0 Å². The minimum Gasteiger partial charge on any atom is -0.493 e. The molecule has 0 amide bonds. The maximum absolute atomic E-state index is 5.63. The first-order valence-electron chi connectivity index (χ1n) is 5.29. The molecule has 1 aromatic carbocycles. The van der Waals surface area contributed by atoms with Crippen LogP contribution < -0.4 is 4.74 Å². The van der Waals surface area contributed by atoms with Crippen LogP contribution in [-0.4, -0.2) is 43.7 Å². The topological polar surface area (TPSA) is 12.5 Å². The van der Waals surface area contributed by atoms with Crippen LogP contribution in [0.1, 0.15) is 0 Å². The minimum absolute atomic E-state index is 0.772. The number of rotatable bonds is 7. The summed E-state index contributed by atoms with van der Waals surface area (Å²) >= 11 is 5.35. The largest absolute Gasteiger partial charge is 0.493 e. The lowest BCUT2D eigenvalue weighted by molar-refractivity contribution is 0.343. The average molecular weight is 304 g/mol. The van der Waals surface area contributed by atoms with Crippen molar-refractivity contribution in [2.24, 2.45) is 0 Å². The molecular formula is C12H18BrNOS. The molecule has 0 bridgehead atoms. The molecule has 4 heteroatoms. The van der Waals surface area contributed by atoms with Crippen LogP contribution in [0.5, 0.6) is 5.75 Å². The Hall–Kier alpha value is -0.190. The van der Waals surface area contributed by atoms with Gasteiger partial charge in [-0.15, -0.1) is 0 Å². The fraction of sp³-hybridized carbons (Fsp3) is 0.500. The van der Waals surface area contributed by atoms with Gasteiger partial charge in [-0.2, -0.15) is 11.8 Å². The van der Waals surface area contributed by atoms with E-state index < -0.39 is 0 Å². The summed E-state index contributed by atoms with van der Waals surface area (Å²) in [6, 6.07) is 7.96. The third-order valence-corrected chi connectivity index (χ3v) is 3.40. The maximum atomic E-state index is 5.63. The predicted molar refractivity (Wildman–Crippen MR) is 75.5 cm³/mol. The van der Waals surface area contributed by atoms with Crippen LogP contribution in [0.2, 0.25) is 0 Å². The van der Waals surface area contributed by atoms with Crippen LogP contribution in [0.3, 0.4) is 0 Å². The zero-order valence-electron chi connectivity index (χ0n) is 9.78. The maximum Gasteiger partial charge on any atom is 0.120 e. The molecule has 0 unspecified atom stereocenters. The second kappa shape index (κ2) is 7.98. The van der Waals surface area contributed by atoms with Crippen molar-refractivity contribution in [3.63, 3.8) is 0 Å². The van der Waals surface area contributed by atoms with Crippen LogP contribution in [0.15, 0.2) is 28.7 Å². The van der Waals surface area contributed by atoms with Gasteiger partial charge in [0, 0.05) is 22.5 Å². The number of thioether (sulfide) groups is 1. The summed E-state index contributed by atoms with van der Waals surface area (Å²) in [6.45, 7) is 1.90. The van der Waals surface area contributed by atoms with Crippen molar-refractivity contribution >= 4 is 27.7 Å². The number of hydrogen-bond donors (Lipinski definition) is 0. The molecular weight excluding hydrogens is 286 g/mol. The standard InChI is InChI=1S/C12H18BrNOS/c1-14(2)6-8-16-9-7-15-12-5-3-4-11(13)10-12/h3-5,10H,6-9H2,1-2H3. The Kier molecular flexibility index (Phi) is 6.92. The first-order chi connectivity index (χ1) is 7.68. The van der Waals surface area contributed by atoms with Crippen LogP contribution in [0.25, 0.3) is 0 Å². The molecule has 0 radical (unpaired) electrons. The fourth-order valence-corrected chi connectivity index (χ4v) is 2.40. The molecule has 0 aromatic heterocycles. The molecule has 1 rings (SSSR count). The van der Waals surface area contributed by atoms with Crippen LogP contribution in [-0.2, 0) is 0 Å². The molecule has 0 spiro atoms. The zero-order valence-corrected chi connectivity index (χ0v) is 12.2. The van der Waals surface area contributed by atoms with Crippen molar-refractivity contribution in [3.05, 3.63) is 28.7 Å². The van der Waals surface area contributed by atoms with Gasteiger partial charge >= 0.3 is 0 Å². The normalized spacial score (nSPS) is 10.8. The van der Waals surface area contributed by atoms with Gasteiger partial charge in [0.2, 0.25) is 0 Å². The molecule has 1 aromatic rings. The van der Waals surface area contributed by atoms with Crippen molar-refractivity contribution in [2.45, 2.75) is 0 Å². The van der Waals surface area contributed by atoms with Crippen molar-refractivity contribution in [3.8, 4) is 5.75 Å². The highest BCUT2D eigenvalue weighted by molar-refractivity contribution is 9.10.